The second-order valence-electron chi connectivity index (χ2n) is 7.31. The van der Waals surface area contributed by atoms with Crippen LogP contribution in [0, 0.1) is 5.92 Å². The van der Waals surface area contributed by atoms with Gasteiger partial charge < -0.3 is 15.0 Å². The molecule has 1 N–H and O–H groups in total. The Morgan fingerprint density at radius 2 is 1.75 bits per heavy atom. The average Bonchev–Trinajstić information content (AvgIpc) is 3.09. The Kier molecular flexibility index (Phi) is 3.98. The van der Waals surface area contributed by atoms with Crippen LogP contribution in [0.15, 0.2) is 0 Å². The summed E-state index contributed by atoms with van der Waals surface area (Å²) < 4.78 is 5.57. The number of nitrogens with zero attached hydrogens (tertiary/aromatic N) is 1. The number of ether oxygens (including phenoxy) is 1. The van der Waals surface area contributed by atoms with Gasteiger partial charge in [-0.3, -0.25) is 4.79 Å². The molecular weight excluding hydrogens is 256 g/mol. The van der Waals surface area contributed by atoms with Crippen LogP contribution in [0.1, 0.15) is 53.4 Å². The molecule has 0 unspecified atom stereocenters. The Morgan fingerprint density at radius 3 is 2.20 bits per heavy atom. The zero-order chi connectivity index (χ0) is 15.0. The Balaban J connectivity index is 1.81. The largest absolute Gasteiger partial charge is 0.443 e. The van der Waals surface area contributed by atoms with Crippen molar-refractivity contribution in [3.63, 3.8) is 0 Å². The maximum atomic E-state index is 12.0. The number of carbonyl (C=O) groups is 2. The quantitative estimate of drug-likeness (QED) is 0.845. The number of hydrogen-bond acceptors (Lipinski definition) is 3. The van der Waals surface area contributed by atoms with Crippen molar-refractivity contribution in [3.8, 4) is 0 Å². The molecular formula is C15H26N2O3. The molecule has 1 aliphatic carbocycles. The normalized spacial score (nSPS) is 22.3. The smallest absolute Gasteiger partial charge is 0.408 e. The van der Waals surface area contributed by atoms with Gasteiger partial charge in [0.1, 0.15) is 5.60 Å². The second-order valence-corrected chi connectivity index (χ2v) is 7.31. The summed E-state index contributed by atoms with van der Waals surface area (Å²) in [6.07, 6.45) is 3.13. The van der Waals surface area contributed by atoms with Gasteiger partial charge in [0.15, 0.2) is 0 Å². The Labute approximate surface area is 121 Å². The molecule has 20 heavy (non-hydrogen) atoms. The molecule has 1 saturated heterocycles. The lowest BCUT2D eigenvalue weighted by atomic mass is 9.93. The van der Waals surface area contributed by atoms with Crippen LogP contribution < -0.4 is 5.32 Å². The van der Waals surface area contributed by atoms with E-state index in [2.05, 4.69) is 5.32 Å². The van der Waals surface area contributed by atoms with Crippen LogP contribution >= 0.6 is 0 Å². The number of carbonyl (C=O) groups excluding carboxylic acids is 2. The van der Waals surface area contributed by atoms with E-state index in [1.54, 1.807) is 0 Å². The van der Waals surface area contributed by atoms with E-state index in [4.69, 9.17) is 4.74 Å². The Hall–Kier alpha value is -1.26. The average molecular weight is 282 g/mol. The molecule has 0 aromatic carbocycles. The van der Waals surface area contributed by atoms with Crippen molar-refractivity contribution in [2.75, 3.05) is 13.1 Å². The molecule has 2 rings (SSSR count). The molecule has 2 fully saturated rings. The number of nitrogens with one attached hydrogen (secondary N) is 1. The summed E-state index contributed by atoms with van der Waals surface area (Å²) in [5.74, 6) is 0.552. The van der Waals surface area contributed by atoms with E-state index in [-0.39, 0.29) is 23.5 Å². The van der Waals surface area contributed by atoms with Crippen LogP contribution in [-0.4, -0.2) is 41.1 Å². The van der Waals surface area contributed by atoms with Crippen LogP contribution in [0.25, 0.3) is 0 Å². The van der Waals surface area contributed by atoms with E-state index in [0.717, 1.165) is 12.8 Å². The van der Waals surface area contributed by atoms with Crippen LogP contribution in [-0.2, 0) is 9.53 Å². The predicted octanol–water partition coefficient (Wildman–Crippen LogP) is 2.30. The molecule has 0 radical (unpaired) electrons. The Bertz CT molecular complexity index is 388. The van der Waals surface area contributed by atoms with Gasteiger partial charge in [-0.15, -0.1) is 0 Å². The van der Waals surface area contributed by atoms with Crippen molar-refractivity contribution in [1.82, 2.24) is 10.2 Å². The van der Waals surface area contributed by atoms with Gasteiger partial charge >= 0.3 is 6.09 Å². The highest BCUT2D eigenvalue weighted by atomic mass is 16.6. The molecule has 0 atom stereocenters. The maximum absolute atomic E-state index is 12.0. The second kappa shape index (κ2) is 5.26. The predicted molar refractivity (Wildman–Crippen MR) is 76.3 cm³/mol. The fourth-order valence-electron chi connectivity index (χ4n) is 2.45. The van der Waals surface area contributed by atoms with E-state index < -0.39 is 5.60 Å². The van der Waals surface area contributed by atoms with Gasteiger partial charge in [0, 0.05) is 37.4 Å². The van der Waals surface area contributed by atoms with Crippen LogP contribution in [0.5, 0.6) is 0 Å². The minimum atomic E-state index is -0.463. The molecule has 0 bridgehead atoms. The van der Waals surface area contributed by atoms with Crippen molar-refractivity contribution in [2.24, 2.45) is 5.92 Å². The summed E-state index contributed by atoms with van der Waals surface area (Å²) in [5.41, 5.74) is -0.758. The molecule has 0 spiro atoms. The van der Waals surface area contributed by atoms with Crippen molar-refractivity contribution in [3.05, 3.63) is 0 Å². The van der Waals surface area contributed by atoms with Crippen molar-refractivity contribution in [2.45, 2.75) is 64.5 Å². The topological polar surface area (TPSA) is 58.6 Å². The first kappa shape index (κ1) is 15.1. The number of piperidine rings is 1. The van der Waals surface area contributed by atoms with Crippen molar-refractivity contribution >= 4 is 12.0 Å². The van der Waals surface area contributed by atoms with Gasteiger partial charge in [0.05, 0.1) is 0 Å². The van der Waals surface area contributed by atoms with Crippen molar-refractivity contribution in [1.29, 1.82) is 0 Å². The number of alkyl carbamates (subject to hydrolysis) is 1. The van der Waals surface area contributed by atoms with Gasteiger partial charge in [-0.2, -0.15) is 0 Å². The first-order valence-corrected chi connectivity index (χ1v) is 7.48. The van der Waals surface area contributed by atoms with Gasteiger partial charge in [-0.25, -0.2) is 4.79 Å². The molecule has 1 aliphatic heterocycles. The summed E-state index contributed by atoms with van der Waals surface area (Å²) >= 11 is 0. The molecule has 2 amide bonds. The summed E-state index contributed by atoms with van der Waals surface area (Å²) in [4.78, 5) is 25.8. The first-order valence-electron chi connectivity index (χ1n) is 7.48. The molecule has 1 saturated carbocycles. The van der Waals surface area contributed by atoms with E-state index >= 15 is 0 Å². The lowest BCUT2D eigenvalue weighted by Crippen LogP contribution is -2.50. The lowest BCUT2D eigenvalue weighted by Gasteiger charge is -2.39. The minimum absolute atomic E-state index is 0.268. The standard InChI is InChI=1S/C15H26N2O3/c1-14(2,3)16-13(19)20-15(4)7-9-17(10-8-15)12(18)11-5-6-11/h11H,5-10H2,1-4H3,(H,16,19). The van der Waals surface area contributed by atoms with Gasteiger partial charge in [-0.1, -0.05) is 0 Å². The maximum Gasteiger partial charge on any atom is 0.408 e. The van der Waals surface area contributed by atoms with E-state index in [0.29, 0.717) is 25.9 Å². The van der Waals surface area contributed by atoms with Gasteiger partial charge in [-0.05, 0) is 40.5 Å². The highest BCUT2D eigenvalue weighted by Gasteiger charge is 2.39. The highest BCUT2D eigenvalue weighted by Crippen LogP contribution is 2.34. The first-order chi connectivity index (χ1) is 9.19. The summed E-state index contributed by atoms with van der Waals surface area (Å²) in [6.45, 7) is 9.10. The van der Waals surface area contributed by atoms with E-state index in [1.165, 1.54) is 0 Å². The van der Waals surface area contributed by atoms with Crippen molar-refractivity contribution < 1.29 is 14.3 Å². The van der Waals surface area contributed by atoms with E-state index in [9.17, 15) is 9.59 Å². The number of amides is 2. The molecule has 0 aromatic heterocycles. The zero-order valence-corrected chi connectivity index (χ0v) is 13.0. The van der Waals surface area contributed by atoms with Gasteiger partial charge in [0.2, 0.25) is 5.91 Å². The zero-order valence-electron chi connectivity index (χ0n) is 13.0. The number of rotatable bonds is 2. The molecule has 1 heterocycles. The molecule has 2 aliphatic rings. The van der Waals surface area contributed by atoms with Crippen LogP contribution in [0.4, 0.5) is 4.79 Å². The lowest BCUT2D eigenvalue weighted by molar-refractivity contribution is -0.136. The monoisotopic (exact) mass is 282 g/mol. The molecule has 5 nitrogen and oxygen atoms in total. The molecule has 114 valence electrons. The SMILES string of the molecule is CC(C)(C)NC(=O)OC1(C)CCN(C(=O)C2CC2)CC1. The third kappa shape index (κ3) is 4.12. The fraction of sp³-hybridized carbons (Fsp3) is 0.867. The van der Waals surface area contributed by atoms with Gasteiger partial charge in [0.25, 0.3) is 0 Å². The molecule has 5 heteroatoms. The summed E-state index contributed by atoms with van der Waals surface area (Å²) in [5, 5.41) is 2.81. The third-order valence-electron chi connectivity index (χ3n) is 3.88. The number of hydrogen-bond donors (Lipinski definition) is 1. The number of likely N-dealkylation sites (tertiary alicyclic amines) is 1. The highest BCUT2D eigenvalue weighted by molar-refractivity contribution is 5.81. The Morgan fingerprint density at radius 1 is 1.20 bits per heavy atom. The minimum Gasteiger partial charge on any atom is -0.443 e. The summed E-state index contributed by atoms with van der Waals surface area (Å²) in [6, 6.07) is 0. The summed E-state index contributed by atoms with van der Waals surface area (Å²) in [7, 11) is 0. The third-order valence-corrected chi connectivity index (χ3v) is 3.88. The van der Waals surface area contributed by atoms with E-state index in [1.807, 2.05) is 32.6 Å². The van der Waals surface area contributed by atoms with Crippen LogP contribution in [0.3, 0.4) is 0 Å². The van der Waals surface area contributed by atoms with Crippen LogP contribution in [0.2, 0.25) is 0 Å². The molecule has 0 aromatic rings. The fourth-order valence-corrected chi connectivity index (χ4v) is 2.45.